The van der Waals surface area contributed by atoms with Gasteiger partial charge in [0.25, 0.3) is 5.89 Å². The third kappa shape index (κ3) is 3.34. The maximum Gasteiger partial charge on any atom is 0.314 e. The molecule has 5 heteroatoms. The minimum Gasteiger partial charge on any atom is -0.415 e. The fraction of sp³-hybridized carbons (Fsp3) is 0.333. The van der Waals surface area contributed by atoms with Crippen molar-refractivity contribution in [3.05, 3.63) is 35.7 Å². The lowest BCUT2D eigenvalue weighted by molar-refractivity contribution is 0.116. The van der Waals surface area contributed by atoms with Crippen LogP contribution in [0.4, 0.5) is 8.78 Å². The molecule has 3 nitrogen and oxygen atoms in total. The van der Waals surface area contributed by atoms with E-state index in [0.717, 1.165) is 5.56 Å². The number of aromatic nitrogens is 2. The van der Waals surface area contributed by atoms with Crippen molar-refractivity contribution in [3.8, 4) is 11.5 Å². The van der Waals surface area contributed by atoms with Crippen molar-refractivity contribution in [3.63, 3.8) is 0 Å². The number of rotatable bonds is 2. The van der Waals surface area contributed by atoms with E-state index in [1.807, 2.05) is 32.9 Å². The summed E-state index contributed by atoms with van der Waals surface area (Å²) in [4.78, 5) is 0. The molecule has 1 aromatic carbocycles. The average molecular weight is 240 g/mol. The highest BCUT2D eigenvalue weighted by Crippen LogP contribution is 2.23. The lowest BCUT2D eigenvalue weighted by Crippen LogP contribution is -1.81. The molecule has 0 N–H and O–H groups in total. The van der Waals surface area contributed by atoms with Crippen LogP contribution in [-0.4, -0.2) is 10.2 Å². The van der Waals surface area contributed by atoms with Crippen LogP contribution in [0.3, 0.4) is 0 Å². The maximum absolute atomic E-state index is 12.2. The Morgan fingerprint density at radius 1 is 1.06 bits per heavy atom. The smallest absolute Gasteiger partial charge is 0.314 e. The Bertz CT molecular complexity index is 452. The molecule has 2 aromatic rings. The van der Waals surface area contributed by atoms with E-state index in [2.05, 4.69) is 10.2 Å². The van der Waals surface area contributed by atoms with Crippen LogP contribution in [0.15, 0.2) is 28.7 Å². The van der Waals surface area contributed by atoms with Crippen LogP contribution >= 0.6 is 0 Å². The van der Waals surface area contributed by atoms with Gasteiger partial charge in [-0.25, -0.2) is 0 Å². The van der Waals surface area contributed by atoms with Gasteiger partial charge < -0.3 is 4.42 Å². The van der Waals surface area contributed by atoms with Crippen LogP contribution < -0.4 is 0 Å². The van der Waals surface area contributed by atoms with Gasteiger partial charge in [-0.1, -0.05) is 31.5 Å². The number of hydrogen-bond donors (Lipinski definition) is 0. The Morgan fingerprint density at radius 2 is 1.65 bits per heavy atom. The van der Waals surface area contributed by atoms with Gasteiger partial charge in [0.1, 0.15) is 0 Å². The molecular formula is C12H14F2N2O. The predicted molar refractivity (Wildman–Crippen MR) is 60.8 cm³/mol. The average Bonchev–Trinajstić information content (AvgIpc) is 2.82. The van der Waals surface area contributed by atoms with Crippen LogP contribution in [0.5, 0.6) is 0 Å². The first-order valence-corrected chi connectivity index (χ1v) is 5.35. The third-order valence-corrected chi connectivity index (χ3v) is 1.93. The molecule has 0 bridgehead atoms. The van der Waals surface area contributed by atoms with Crippen molar-refractivity contribution in [2.75, 3.05) is 0 Å². The van der Waals surface area contributed by atoms with Gasteiger partial charge in [0.05, 0.1) is 0 Å². The molecule has 0 saturated carbocycles. The second-order valence-corrected chi connectivity index (χ2v) is 3.11. The van der Waals surface area contributed by atoms with Crippen molar-refractivity contribution < 1.29 is 13.2 Å². The molecule has 0 fully saturated rings. The predicted octanol–water partition coefficient (Wildman–Crippen LogP) is 4.01. The van der Waals surface area contributed by atoms with Crippen LogP contribution in [0.25, 0.3) is 11.5 Å². The highest BCUT2D eigenvalue weighted by Gasteiger charge is 2.16. The number of alkyl halides is 2. The number of benzene rings is 1. The second-order valence-electron chi connectivity index (χ2n) is 3.11. The third-order valence-electron chi connectivity index (χ3n) is 1.93. The molecule has 0 spiro atoms. The molecule has 0 saturated heterocycles. The summed E-state index contributed by atoms with van der Waals surface area (Å²) in [6, 6.07) is 7.19. The molecule has 0 atom stereocenters. The van der Waals surface area contributed by atoms with E-state index in [-0.39, 0.29) is 5.89 Å². The molecule has 1 aromatic heterocycles. The Kier molecular flexibility index (Phi) is 4.75. The molecule has 0 aliphatic rings. The van der Waals surface area contributed by atoms with Gasteiger partial charge in [0.2, 0.25) is 5.89 Å². The van der Waals surface area contributed by atoms with Crippen LogP contribution in [0, 0.1) is 6.92 Å². The van der Waals surface area contributed by atoms with Crippen molar-refractivity contribution in [2.45, 2.75) is 27.2 Å². The van der Waals surface area contributed by atoms with Crippen molar-refractivity contribution in [1.82, 2.24) is 10.2 Å². The number of aryl methyl sites for hydroxylation is 1. The summed E-state index contributed by atoms with van der Waals surface area (Å²) in [6.07, 6.45) is -2.73. The molecule has 0 radical (unpaired) electrons. The molecular weight excluding hydrogens is 226 g/mol. The van der Waals surface area contributed by atoms with Gasteiger partial charge in [0.15, 0.2) is 0 Å². The molecule has 2 rings (SSSR count). The zero-order chi connectivity index (χ0) is 12.8. The maximum atomic E-state index is 12.2. The molecule has 17 heavy (non-hydrogen) atoms. The standard InChI is InChI=1S/C10H8F2N2O.C2H6/c1-6-2-4-7(5-3-6)9-13-14-10(15-9)8(11)12;1-2/h2-5,8H,1H3;1-2H3. The molecule has 0 unspecified atom stereocenters. The lowest BCUT2D eigenvalue weighted by Gasteiger charge is -1.95. The van der Waals surface area contributed by atoms with Crippen LogP contribution in [0.2, 0.25) is 0 Å². The monoisotopic (exact) mass is 240 g/mol. The molecule has 0 aliphatic carbocycles. The first-order chi connectivity index (χ1) is 8.16. The highest BCUT2D eigenvalue weighted by atomic mass is 19.3. The molecule has 0 amide bonds. The molecule has 0 aliphatic heterocycles. The van der Waals surface area contributed by atoms with E-state index < -0.39 is 12.3 Å². The summed E-state index contributed by atoms with van der Waals surface area (Å²) in [5, 5.41) is 6.79. The summed E-state index contributed by atoms with van der Waals surface area (Å²) in [5.74, 6) is -0.532. The normalized spacial score (nSPS) is 10.0. The van der Waals surface area contributed by atoms with E-state index >= 15 is 0 Å². The SMILES string of the molecule is CC.Cc1ccc(-c2nnc(C(F)F)o2)cc1. The van der Waals surface area contributed by atoms with Gasteiger partial charge in [0, 0.05) is 5.56 Å². The minimum absolute atomic E-state index is 0.116. The van der Waals surface area contributed by atoms with Gasteiger partial charge in [-0.15, -0.1) is 10.2 Å². The number of halogens is 2. The van der Waals surface area contributed by atoms with Gasteiger partial charge in [-0.2, -0.15) is 8.78 Å². The van der Waals surface area contributed by atoms with Gasteiger partial charge >= 0.3 is 6.43 Å². The summed E-state index contributed by atoms with van der Waals surface area (Å²) in [6.45, 7) is 5.93. The highest BCUT2D eigenvalue weighted by molar-refractivity contribution is 5.52. The number of nitrogens with zero attached hydrogens (tertiary/aromatic N) is 2. The van der Waals surface area contributed by atoms with E-state index in [1.165, 1.54) is 0 Å². The zero-order valence-corrected chi connectivity index (χ0v) is 9.95. The lowest BCUT2D eigenvalue weighted by atomic mass is 10.1. The van der Waals surface area contributed by atoms with Gasteiger partial charge in [-0.3, -0.25) is 0 Å². The fourth-order valence-electron chi connectivity index (χ4n) is 1.14. The van der Waals surface area contributed by atoms with E-state index in [1.54, 1.807) is 12.1 Å². The largest absolute Gasteiger partial charge is 0.415 e. The summed E-state index contributed by atoms with van der Waals surface area (Å²) >= 11 is 0. The quantitative estimate of drug-likeness (QED) is 0.796. The molecule has 92 valence electrons. The fourth-order valence-corrected chi connectivity index (χ4v) is 1.14. The van der Waals surface area contributed by atoms with E-state index in [0.29, 0.717) is 5.56 Å². The Hall–Kier alpha value is -1.78. The van der Waals surface area contributed by atoms with Crippen molar-refractivity contribution in [1.29, 1.82) is 0 Å². The number of hydrogen-bond acceptors (Lipinski definition) is 3. The van der Waals surface area contributed by atoms with Crippen LogP contribution in [0.1, 0.15) is 31.7 Å². The first kappa shape index (κ1) is 13.3. The molecule has 1 heterocycles. The zero-order valence-electron chi connectivity index (χ0n) is 9.95. The Morgan fingerprint density at radius 3 is 2.12 bits per heavy atom. The topological polar surface area (TPSA) is 38.9 Å². The van der Waals surface area contributed by atoms with Crippen LogP contribution in [-0.2, 0) is 0 Å². The summed E-state index contributed by atoms with van der Waals surface area (Å²) < 4.78 is 29.1. The minimum atomic E-state index is -2.73. The van der Waals surface area contributed by atoms with E-state index in [4.69, 9.17) is 4.42 Å². The van der Waals surface area contributed by atoms with Gasteiger partial charge in [-0.05, 0) is 19.1 Å². The van der Waals surface area contributed by atoms with Crippen molar-refractivity contribution in [2.24, 2.45) is 0 Å². The van der Waals surface area contributed by atoms with Crippen molar-refractivity contribution >= 4 is 0 Å². The summed E-state index contributed by atoms with van der Waals surface area (Å²) in [7, 11) is 0. The first-order valence-electron chi connectivity index (χ1n) is 5.35. The van der Waals surface area contributed by atoms with E-state index in [9.17, 15) is 8.78 Å². The Balaban J connectivity index is 0.000000686. The summed E-state index contributed by atoms with van der Waals surface area (Å²) in [5.41, 5.74) is 1.72. The second kappa shape index (κ2) is 6.08. The Labute approximate surface area is 98.5 Å².